The average molecular weight is 417 g/mol. The van der Waals surface area contributed by atoms with Crippen molar-refractivity contribution < 1.29 is 4.79 Å². The van der Waals surface area contributed by atoms with Gasteiger partial charge >= 0.3 is 0 Å². The van der Waals surface area contributed by atoms with Crippen LogP contribution < -0.4 is 5.32 Å². The van der Waals surface area contributed by atoms with Crippen LogP contribution >= 0.6 is 34.4 Å². The van der Waals surface area contributed by atoms with Crippen LogP contribution in [0.3, 0.4) is 0 Å². The topological polar surface area (TPSA) is 81.6 Å². The molecule has 1 unspecified atom stereocenters. The first-order chi connectivity index (χ1) is 12.9. The molecule has 5 nitrogen and oxygen atoms in total. The number of aromatic amines is 1. The third kappa shape index (κ3) is 4.43. The van der Waals surface area contributed by atoms with Crippen LogP contribution in [-0.4, -0.2) is 27.2 Å². The number of thioether (sulfide) groups is 1. The second-order valence-electron chi connectivity index (χ2n) is 6.53. The van der Waals surface area contributed by atoms with Crippen LogP contribution in [0, 0.1) is 17.2 Å². The summed E-state index contributed by atoms with van der Waals surface area (Å²) in [5.41, 5.74) is 1.00. The highest BCUT2D eigenvalue weighted by Crippen LogP contribution is 2.36. The van der Waals surface area contributed by atoms with Crippen molar-refractivity contribution >= 4 is 40.3 Å². The van der Waals surface area contributed by atoms with E-state index in [1.807, 2.05) is 42.8 Å². The van der Waals surface area contributed by atoms with E-state index in [9.17, 15) is 10.1 Å². The second kappa shape index (κ2) is 8.30. The summed E-state index contributed by atoms with van der Waals surface area (Å²) in [6.07, 6.45) is 0. The fourth-order valence-corrected chi connectivity index (χ4v) is 4.49. The monoisotopic (exact) mass is 416 g/mol. The Bertz CT molecular complexity index is 887. The van der Waals surface area contributed by atoms with Crippen LogP contribution in [0.2, 0.25) is 0 Å². The number of rotatable bonds is 7. The van der Waals surface area contributed by atoms with Gasteiger partial charge in [-0.1, -0.05) is 37.7 Å². The maximum absolute atomic E-state index is 12.3. The number of hydrogen-bond acceptors (Lipinski definition) is 6. The first-order valence-corrected chi connectivity index (χ1v) is 11.2. The number of amides is 1. The van der Waals surface area contributed by atoms with Gasteiger partial charge in [-0.25, -0.2) is 4.98 Å². The van der Waals surface area contributed by atoms with Crippen molar-refractivity contribution in [2.45, 2.75) is 31.5 Å². The fraction of sp³-hybridized carbons (Fsp3) is 0.316. The lowest BCUT2D eigenvalue weighted by Crippen LogP contribution is -2.49. The SMILES string of the molecule is CC(C)C(C)(C#N)NC(=O)CSc1nc(-c2cccs2)c(-c2cccs2)[nH]1. The Kier molecular flexibility index (Phi) is 6.05. The molecule has 0 bridgehead atoms. The first kappa shape index (κ1) is 19.7. The van der Waals surface area contributed by atoms with Gasteiger partial charge < -0.3 is 10.3 Å². The molecular weight excluding hydrogens is 396 g/mol. The number of nitriles is 1. The van der Waals surface area contributed by atoms with Gasteiger partial charge in [0.15, 0.2) is 5.16 Å². The van der Waals surface area contributed by atoms with E-state index in [0.29, 0.717) is 5.16 Å². The van der Waals surface area contributed by atoms with Crippen molar-refractivity contribution in [3.8, 4) is 27.2 Å². The molecule has 3 heterocycles. The molecule has 27 heavy (non-hydrogen) atoms. The highest BCUT2D eigenvalue weighted by atomic mass is 32.2. The molecule has 0 aliphatic carbocycles. The van der Waals surface area contributed by atoms with E-state index in [0.717, 1.165) is 21.1 Å². The summed E-state index contributed by atoms with van der Waals surface area (Å²) in [5, 5.41) is 16.9. The van der Waals surface area contributed by atoms with Gasteiger partial charge in [-0.3, -0.25) is 4.79 Å². The quantitative estimate of drug-likeness (QED) is 0.530. The predicted molar refractivity (Wildman–Crippen MR) is 113 cm³/mol. The minimum Gasteiger partial charge on any atom is -0.337 e. The zero-order chi connectivity index (χ0) is 19.4. The van der Waals surface area contributed by atoms with E-state index >= 15 is 0 Å². The summed E-state index contributed by atoms with van der Waals surface area (Å²) in [7, 11) is 0. The van der Waals surface area contributed by atoms with E-state index in [1.54, 1.807) is 29.6 Å². The van der Waals surface area contributed by atoms with Crippen LogP contribution in [0.4, 0.5) is 0 Å². The Balaban J connectivity index is 1.76. The van der Waals surface area contributed by atoms with Gasteiger partial charge in [0.05, 0.1) is 27.3 Å². The smallest absolute Gasteiger partial charge is 0.231 e. The summed E-state index contributed by atoms with van der Waals surface area (Å²) >= 11 is 4.63. The number of carbonyl (C=O) groups excluding carboxylic acids is 1. The maximum atomic E-state index is 12.3. The molecule has 140 valence electrons. The molecule has 0 aliphatic rings. The molecule has 2 N–H and O–H groups in total. The summed E-state index contributed by atoms with van der Waals surface area (Å²) in [6, 6.07) is 10.3. The predicted octanol–water partition coefficient (Wildman–Crippen LogP) is 5.01. The molecule has 0 saturated carbocycles. The van der Waals surface area contributed by atoms with Crippen molar-refractivity contribution in [1.82, 2.24) is 15.3 Å². The molecule has 1 amide bonds. The molecule has 1 atom stereocenters. The summed E-state index contributed by atoms with van der Waals surface area (Å²) in [6.45, 7) is 5.59. The lowest BCUT2D eigenvalue weighted by atomic mass is 9.90. The number of hydrogen-bond donors (Lipinski definition) is 2. The highest BCUT2D eigenvalue weighted by Gasteiger charge is 2.30. The van der Waals surface area contributed by atoms with Gasteiger partial charge in [-0.15, -0.1) is 22.7 Å². The molecule has 0 spiro atoms. The minimum atomic E-state index is -0.870. The first-order valence-electron chi connectivity index (χ1n) is 8.46. The van der Waals surface area contributed by atoms with Crippen LogP contribution in [0.25, 0.3) is 21.1 Å². The van der Waals surface area contributed by atoms with Gasteiger partial charge in [0, 0.05) is 0 Å². The highest BCUT2D eigenvalue weighted by molar-refractivity contribution is 7.99. The molecule has 0 radical (unpaired) electrons. The molecule has 8 heteroatoms. The molecule has 3 rings (SSSR count). The zero-order valence-electron chi connectivity index (χ0n) is 15.3. The number of nitrogens with zero attached hydrogens (tertiary/aromatic N) is 2. The maximum Gasteiger partial charge on any atom is 0.231 e. The van der Waals surface area contributed by atoms with E-state index in [-0.39, 0.29) is 17.6 Å². The van der Waals surface area contributed by atoms with Gasteiger partial charge in [0.1, 0.15) is 11.2 Å². The summed E-state index contributed by atoms with van der Waals surface area (Å²) in [5.74, 6) is 0.0473. The third-order valence-corrected chi connectivity index (χ3v) is 6.97. The van der Waals surface area contributed by atoms with Crippen molar-refractivity contribution in [2.75, 3.05) is 5.75 Å². The van der Waals surface area contributed by atoms with Crippen LogP contribution in [0.5, 0.6) is 0 Å². The Morgan fingerprint density at radius 3 is 2.56 bits per heavy atom. The van der Waals surface area contributed by atoms with Crippen molar-refractivity contribution in [3.63, 3.8) is 0 Å². The Morgan fingerprint density at radius 2 is 2.00 bits per heavy atom. The van der Waals surface area contributed by atoms with Crippen molar-refractivity contribution in [2.24, 2.45) is 5.92 Å². The number of carbonyl (C=O) groups is 1. The van der Waals surface area contributed by atoms with Gasteiger partial charge in [-0.2, -0.15) is 5.26 Å². The number of thiophene rings is 2. The van der Waals surface area contributed by atoms with Crippen LogP contribution in [0.15, 0.2) is 40.2 Å². The second-order valence-corrected chi connectivity index (χ2v) is 9.39. The lowest BCUT2D eigenvalue weighted by Gasteiger charge is -2.27. The molecule has 0 aliphatic heterocycles. The van der Waals surface area contributed by atoms with E-state index in [4.69, 9.17) is 4.98 Å². The van der Waals surface area contributed by atoms with Crippen molar-refractivity contribution in [3.05, 3.63) is 35.0 Å². The number of H-pyrrole nitrogens is 1. The molecule has 3 aromatic heterocycles. The Morgan fingerprint density at radius 1 is 1.33 bits per heavy atom. The van der Waals surface area contributed by atoms with Crippen LogP contribution in [-0.2, 0) is 4.79 Å². The molecule has 3 aromatic rings. The lowest BCUT2D eigenvalue weighted by molar-refractivity contribution is -0.120. The Labute approximate surface area is 170 Å². The standard InChI is InChI=1S/C19H20N4OS3/c1-12(2)19(3,11-20)23-15(24)10-27-18-21-16(13-6-4-8-25-13)17(22-18)14-7-5-9-26-14/h4-9,12H,10H2,1-3H3,(H,21,22)(H,23,24). The van der Waals surface area contributed by atoms with Gasteiger partial charge in [0.25, 0.3) is 0 Å². The van der Waals surface area contributed by atoms with Crippen molar-refractivity contribution in [1.29, 1.82) is 5.26 Å². The van der Waals surface area contributed by atoms with Gasteiger partial charge in [0.2, 0.25) is 5.91 Å². The molecule has 0 fully saturated rings. The number of imidazole rings is 1. The normalized spacial score (nSPS) is 13.3. The summed E-state index contributed by atoms with van der Waals surface area (Å²) < 4.78 is 0. The molecule has 0 saturated heterocycles. The van der Waals surface area contributed by atoms with E-state index in [1.165, 1.54) is 11.8 Å². The fourth-order valence-electron chi connectivity index (χ4n) is 2.37. The Hall–Kier alpha value is -2.08. The average Bonchev–Trinajstić information content (AvgIpc) is 3.40. The molecular formula is C19H20N4OS3. The van der Waals surface area contributed by atoms with E-state index < -0.39 is 5.54 Å². The van der Waals surface area contributed by atoms with Crippen LogP contribution in [0.1, 0.15) is 20.8 Å². The zero-order valence-corrected chi connectivity index (χ0v) is 17.7. The summed E-state index contributed by atoms with van der Waals surface area (Å²) in [4.78, 5) is 22.6. The number of aromatic nitrogens is 2. The van der Waals surface area contributed by atoms with Gasteiger partial charge in [-0.05, 0) is 35.7 Å². The van der Waals surface area contributed by atoms with E-state index in [2.05, 4.69) is 22.4 Å². The molecule has 0 aromatic carbocycles. The number of nitrogens with one attached hydrogen (secondary N) is 2. The minimum absolute atomic E-state index is 0.0240. The largest absolute Gasteiger partial charge is 0.337 e. The third-order valence-electron chi connectivity index (χ3n) is 4.33.